The van der Waals surface area contributed by atoms with Gasteiger partial charge in [0.1, 0.15) is 11.4 Å². The van der Waals surface area contributed by atoms with Gasteiger partial charge in [-0.1, -0.05) is 0 Å². The summed E-state index contributed by atoms with van der Waals surface area (Å²) in [6, 6.07) is 1.71. The maximum absolute atomic E-state index is 13.0. The summed E-state index contributed by atoms with van der Waals surface area (Å²) in [5.74, 6) is -3.47. The number of rotatable bonds is 1. The summed E-state index contributed by atoms with van der Waals surface area (Å²) in [6.45, 7) is 0. The van der Waals surface area contributed by atoms with E-state index in [-0.39, 0.29) is 11.0 Å². The number of furan rings is 1. The molecule has 0 atom stereocenters. The van der Waals surface area contributed by atoms with Crippen molar-refractivity contribution in [2.45, 2.75) is 0 Å². The second-order valence-corrected chi connectivity index (χ2v) is 2.68. The third-order valence-corrected chi connectivity index (χ3v) is 1.86. The zero-order chi connectivity index (χ0) is 10.3. The van der Waals surface area contributed by atoms with E-state index in [1.54, 1.807) is 0 Å². The Kier molecular flexibility index (Phi) is 1.73. The molecule has 0 aliphatic carbocycles. The van der Waals surface area contributed by atoms with Gasteiger partial charge < -0.3 is 9.52 Å². The molecule has 0 unspecified atom stereocenters. The lowest BCUT2D eigenvalue weighted by Crippen LogP contribution is -2.01. The highest BCUT2D eigenvalue weighted by Gasteiger charge is 2.19. The van der Waals surface area contributed by atoms with Crippen LogP contribution in [0.15, 0.2) is 22.8 Å². The lowest BCUT2D eigenvalue weighted by atomic mass is 10.1. The van der Waals surface area contributed by atoms with Gasteiger partial charge in [-0.2, -0.15) is 0 Å². The molecule has 0 fully saturated rings. The molecule has 72 valence electrons. The van der Waals surface area contributed by atoms with E-state index >= 15 is 0 Å². The van der Waals surface area contributed by atoms with Crippen LogP contribution in [0.5, 0.6) is 0 Å². The van der Waals surface area contributed by atoms with E-state index in [4.69, 9.17) is 5.11 Å². The molecule has 2 rings (SSSR count). The van der Waals surface area contributed by atoms with Crippen LogP contribution in [-0.4, -0.2) is 11.1 Å². The molecule has 1 aromatic carbocycles. The first kappa shape index (κ1) is 8.68. The van der Waals surface area contributed by atoms with Crippen molar-refractivity contribution in [2.75, 3.05) is 0 Å². The fourth-order valence-corrected chi connectivity index (χ4v) is 1.29. The van der Waals surface area contributed by atoms with Crippen molar-refractivity contribution in [3.63, 3.8) is 0 Å². The molecule has 0 aliphatic heterocycles. The molecule has 1 N–H and O–H groups in total. The fraction of sp³-hybridized carbons (Fsp3) is 0. The zero-order valence-corrected chi connectivity index (χ0v) is 6.75. The molecule has 0 amide bonds. The van der Waals surface area contributed by atoms with Crippen LogP contribution in [0.2, 0.25) is 0 Å². The van der Waals surface area contributed by atoms with Gasteiger partial charge in [0, 0.05) is 11.5 Å². The van der Waals surface area contributed by atoms with Crippen LogP contribution >= 0.6 is 0 Å². The van der Waals surface area contributed by atoms with E-state index in [9.17, 15) is 13.6 Å². The van der Waals surface area contributed by atoms with Crippen LogP contribution in [0.1, 0.15) is 10.4 Å². The first-order valence-corrected chi connectivity index (χ1v) is 3.69. The van der Waals surface area contributed by atoms with Crippen LogP contribution in [-0.2, 0) is 0 Å². The maximum atomic E-state index is 13.0. The fourth-order valence-electron chi connectivity index (χ4n) is 1.29. The second-order valence-electron chi connectivity index (χ2n) is 2.68. The zero-order valence-electron chi connectivity index (χ0n) is 6.75. The van der Waals surface area contributed by atoms with E-state index in [0.717, 1.165) is 6.26 Å². The quantitative estimate of drug-likeness (QED) is 0.765. The Balaban J connectivity index is 2.93. The summed E-state index contributed by atoms with van der Waals surface area (Å²) in [5.41, 5.74) is -0.820. The summed E-state index contributed by atoms with van der Waals surface area (Å²) in [5, 5.41) is 8.59. The van der Waals surface area contributed by atoms with Crippen LogP contribution in [0.3, 0.4) is 0 Å². The standard InChI is InChI=1S/C9H4F2O3/c10-5-3-6(11)8-4(1-2-14-8)7(5)9(12)13/h1-3H,(H,12,13). The van der Waals surface area contributed by atoms with Crippen molar-refractivity contribution in [1.82, 2.24) is 0 Å². The van der Waals surface area contributed by atoms with E-state index in [1.165, 1.54) is 6.07 Å². The minimum atomic E-state index is -1.45. The smallest absolute Gasteiger partial charge is 0.339 e. The van der Waals surface area contributed by atoms with Crippen LogP contribution in [0.4, 0.5) is 8.78 Å². The van der Waals surface area contributed by atoms with Crippen LogP contribution < -0.4 is 0 Å². The van der Waals surface area contributed by atoms with Gasteiger partial charge in [0.05, 0.1) is 6.26 Å². The summed E-state index contributed by atoms with van der Waals surface area (Å²) in [4.78, 5) is 10.6. The van der Waals surface area contributed by atoms with Crippen molar-refractivity contribution in [2.24, 2.45) is 0 Å². The predicted molar refractivity (Wildman–Crippen MR) is 43.1 cm³/mol. The number of fused-ring (bicyclic) bond motifs is 1. The lowest BCUT2D eigenvalue weighted by molar-refractivity contribution is 0.0694. The first-order chi connectivity index (χ1) is 6.61. The van der Waals surface area contributed by atoms with Crippen molar-refractivity contribution in [3.8, 4) is 0 Å². The van der Waals surface area contributed by atoms with Gasteiger partial charge >= 0.3 is 5.97 Å². The average molecular weight is 198 g/mol. The summed E-state index contributed by atoms with van der Waals surface area (Å²) in [6.07, 6.45) is 1.11. The highest BCUT2D eigenvalue weighted by atomic mass is 19.1. The number of carboxylic acids is 1. The Morgan fingerprint density at radius 3 is 2.71 bits per heavy atom. The third-order valence-electron chi connectivity index (χ3n) is 1.86. The molecule has 0 bridgehead atoms. The molecule has 1 aromatic heterocycles. The Hall–Kier alpha value is -1.91. The molecule has 0 spiro atoms. The maximum Gasteiger partial charge on any atom is 0.339 e. The number of halogens is 2. The van der Waals surface area contributed by atoms with Crippen molar-refractivity contribution >= 4 is 16.9 Å². The number of hydrogen-bond donors (Lipinski definition) is 1. The van der Waals surface area contributed by atoms with Gasteiger partial charge in [-0.25, -0.2) is 13.6 Å². The van der Waals surface area contributed by atoms with Crippen LogP contribution in [0.25, 0.3) is 11.0 Å². The Morgan fingerprint density at radius 1 is 1.36 bits per heavy atom. The van der Waals surface area contributed by atoms with Crippen LogP contribution in [0, 0.1) is 11.6 Å². The molecule has 0 saturated carbocycles. The Bertz CT molecular complexity index is 516. The lowest BCUT2D eigenvalue weighted by Gasteiger charge is -1.99. The third kappa shape index (κ3) is 1.06. The van der Waals surface area contributed by atoms with Gasteiger partial charge in [0.2, 0.25) is 0 Å². The summed E-state index contributed by atoms with van der Waals surface area (Å²) in [7, 11) is 0. The number of benzene rings is 1. The summed E-state index contributed by atoms with van der Waals surface area (Å²) < 4.78 is 30.7. The second kappa shape index (κ2) is 2.80. The van der Waals surface area contributed by atoms with Crippen molar-refractivity contribution in [3.05, 3.63) is 35.6 Å². The van der Waals surface area contributed by atoms with Crippen molar-refractivity contribution < 1.29 is 23.1 Å². The molecule has 14 heavy (non-hydrogen) atoms. The molecule has 5 heteroatoms. The largest absolute Gasteiger partial charge is 0.478 e. The SMILES string of the molecule is O=C(O)c1c(F)cc(F)c2occc12. The molecular weight excluding hydrogens is 194 g/mol. The minimum Gasteiger partial charge on any atom is -0.478 e. The monoisotopic (exact) mass is 198 g/mol. The van der Waals surface area contributed by atoms with Gasteiger partial charge in [-0.15, -0.1) is 0 Å². The molecule has 2 aromatic rings. The van der Waals surface area contributed by atoms with Gasteiger partial charge in [-0.05, 0) is 6.07 Å². The predicted octanol–water partition coefficient (Wildman–Crippen LogP) is 2.41. The Morgan fingerprint density at radius 2 is 2.07 bits per heavy atom. The molecule has 3 nitrogen and oxygen atoms in total. The van der Waals surface area contributed by atoms with E-state index in [0.29, 0.717) is 6.07 Å². The molecule has 0 radical (unpaired) electrons. The van der Waals surface area contributed by atoms with Gasteiger partial charge in [-0.3, -0.25) is 0 Å². The highest BCUT2D eigenvalue weighted by Crippen LogP contribution is 2.25. The normalized spacial score (nSPS) is 10.7. The minimum absolute atomic E-state index is 0.0741. The molecule has 0 saturated heterocycles. The first-order valence-electron chi connectivity index (χ1n) is 3.69. The van der Waals surface area contributed by atoms with E-state index in [1.807, 2.05) is 0 Å². The number of carbonyl (C=O) groups is 1. The Labute approximate surface area is 76.6 Å². The van der Waals surface area contributed by atoms with E-state index in [2.05, 4.69) is 4.42 Å². The van der Waals surface area contributed by atoms with Gasteiger partial charge in [0.25, 0.3) is 0 Å². The average Bonchev–Trinajstić information content (AvgIpc) is 2.51. The van der Waals surface area contributed by atoms with Crippen molar-refractivity contribution in [1.29, 1.82) is 0 Å². The highest BCUT2D eigenvalue weighted by molar-refractivity contribution is 6.02. The summed E-state index contributed by atoms with van der Waals surface area (Å²) >= 11 is 0. The topological polar surface area (TPSA) is 50.4 Å². The molecule has 1 heterocycles. The number of hydrogen-bond acceptors (Lipinski definition) is 2. The number of aromatic carboxylic acids is 1. The molecular formula is C9H4F2O3. The van der Waals surface area contributed by atoms with Gasteiger partial charge in [0.15, 0.2) is 11.4 Å². The number of carboxylic acid groups (broad SMARTS) is 1. The van der Waals surface area contributed by atoms with E-state index < -0.39 is 23.2 Å². The molecule has 0 aliphatic rings.